The molecule has 1 aliphatic rings. The Kier molecular flexibility index (Phi) is 4.19. The zero-order chi connectivity index (χ0) is 17.2. The summed E-state index contributed by atoms with van der Waals surface area (Å²) in [6, 6.07) is 10.2. The van der Waals surface area contributed by atoms with E-state index in [-0.39, 0.29) is 17.9 Å². The number of benzene rings is 1. The maximum absolute atomic E-state index is 12.4. The molecule has 0 aliphatic carbocycles. The van der Waals surface area contributed by atoms with Gasteiger partial charge in [-0.25, -0.2) is 4.98 Å². The highest BCUT2D eigenvalue weighted by Crippen LogP contribution is 2.24. The predicted molar refractivity (Wildman–Crippen MR) is 94.3 cm³/mol. The Bertz CT molecular complexity index is 900. The van der Waals surface area contributed by atoms with Crippen LogP contribution in [-0.2, 0) is 11.2 Å². The highest BCUT2D eigenvalue weighted by atomic mass is 16.5. The number of carbonyl (C=O) groups is 1. The summed E-state index contributed by atoms with van der Waals surface area (Å²) >= 11 is 0. The Hall–Kier alpha value is -2.73. The van der Waals surface area contributed by atoms with E-state index in [1.165, 1.54) is 5.56 Å². The van der Waals surface area contributed by atoms with Crippen LogP contribution in [0.1, 0.15) is 21.9 Å². The van der Waals surface area contributed by atoms with Gasteiger partial charge in [-0.3, -0.25) is 9.78 Å². The van der Waals surface area contributed by atoms with Gasteiger partial charge in [-0.15, -0.1) is 0 Å². The van der Waals surface area contributed by atoms with Crippen LogP contribution in [0.25, 0.3) is 10.9 Å². The van der Waals surface area contributed by atoms with Gasteiger partial charge in [0.15, 0.2) is 0 Å². The van der Waals surface area contributed by atoms with E-state index in [2.05, 4.69) is 32.4 Å². The molecule has 0 unspecified atom stereocenters. The van der Waals surface area contributed by atoms with E-state index in [0.29, 0.717) is 18.9 Å². The average Bonchev–Trinajstić information content (AvgIpc) is 3.24. The lowest BCUT2D eigenvalue weighted by Crippen LogP contribution is -2.40. The number of H-pyrrole nitrogens is 1. The third-order valence-electron chi connectivity index (χ3n) is 4.68. The minimum Gasteiger partial charge on any atom is -0.379 e. The fourth-order valence-corrected chi connectivity index (χ4v) is 3.36. The van der Waals surface area contributed by atoms with Crippen LogP contribution in [0.5, 0.6) is 0 Å². The molecular formula is C19H20N4O2. The number of carbonyl (C=O) groups excluding carboxylic acids is 1. The second-order valence-electron chi connectivity index (χ2n) is 6.45. The summed E-state index contributed by atoms with van der Waals surface area (Å²) in [5.74, 6) is 0.826. The number of hydrogen-bond donors (Lipinski definition) is 2. The van der Waals surface area contributed by atoms with E-state index in [0.717, 1.165) is 23.1 Å². The van der Waals surface area contributed by atoms with Crippen LogP contribution in [0.2, 0.25) is 0 Å². The standard InChI is InChI=1S/C19H20N4O2/c1-12-21-9-17(22-12)19(24)23-18-11-25-10-14(18)8-13-6-7-20-16-5-3-2-4-15(13)16/h2-7,9,14,18H,8,10-11H2,1H3,(H,21,22)(H,23,24)/t14-,18+/m1/s1. The number of fused-ring (bicyclic) bond motifs is 1. The van der Waals surface area contributed by atoms with Crippen molar-refractivity contribution in [3.63, 3.8) is 0 Å². The zero-order valence-corrected chi connectivity index (χ0v) is 14.0. The van der Waals surface area contributed by atoms with E-state index in [1.54, 1.807) is 6.20 Å². The molecule has 6 nitrogen and oxygen atoms in total. The molecule has 0 saturated carbocycles. The number of amides is 1. The van der Waals surface area contributed by atoms with Gasteiger partial charge >= 0.3 is 0 Å². The fraction of sp³-hybridized carbons (Fsp3) is 0.316. The first-order valence-corrected chi connectivity index (χ1v) is 8.43. The molecular weight excluding hydrogens is 316 g/mol. The van der Waals surface area contributed by atoms with Crippen LogP contribution in [0.15, 0.2) is 42.7 Å². The number of ether oxygens (including phenoxy) is 1. The first-order chi connectivity index (χ1) is 12.2. The number of imidazole rings is 1. The molecule has 2 atom stereocenters. The van der Waals surface area contributed by atoms with E-state index >= 15 is 0 Å². The molecule has 1 aromatic carbocycles. The van der Waals surface area contributed by atoms with Crippen molar-refractivity contribution in [1.82, 2.24) is 20.3 Å². The first-order valence-electron chi connectivity index (χ1n) is 8.43. The minimum absolute atomic E-state index is 0.0111. The number of aromatic amines is 1. The number of nitrogens with zero attached hydrogens (tertiary/aromatic N) is 2. The molecule has 2 aromatic heterocycles. The van der Waals surface area contributed by atoms with Crippen molar-refractivity contribution in [3.05, 3.63) is 59.8 Å². The second-order valence-corrected chi connectivity index (χ2v) is 6.45. The van der Waals surface area contributed by atoms with Gasteiger partial charge < -0.3 is 15.0 Å². The lowest BCUT2D eigenvalue weighted by molar-refractivity contribution is 0.0920. The van der Waals surface area contributed by atoms with Crippen molar-refractivity contribution >= 4 is 16.8 Å². The third-order valence-corrected chi connectivity index (χ3v) is 4.68. The van der Waals surface area contributed by atoms with Crippen molar-refractivity contribution in [2.24, 2.45) is 5.92 Å². The molecule has 1 saturated heterocycles. The number of hydrogen-bond acceptors (Lipinski definition) is 4. The van der Waals surface area contributed by atoms with Gasteiger partial charge in [0.25, 0.3) is 5.91 Å². The monoisotopic (exact) mass is 336 g/mol. The molecule has 25 heavy (non-hydrogen) atoms. The highest BCUT2D eigenvalue weighted by Gasteiger charge is 2.30. The van der Waals surface area contributed by atoms with Gasteiger partial charge in [0.2, 0.25) is 0 Å². The molecule has 3 heterocycles. The summed E-state index contributed by atoms with van der Waals surface area (Å²) in [4.78, 5) is 23.8. The number of nitrogens with one attached hydrogen (secondary N) is 2. The first kappa shape index (κ1) is 15.8. The highest BCUT2D eigenvalue weighted by molar-refractivity contribution is 5.92. The zero-order valence-electron chi connectivity index (χ0n) is 14.0. The Morgan fingerprint density at radius 1 is 1.28 bits per heavy atom. The molecule has 6 heteroatoms. The lowest BCUT2D eigenvalue weighted by atomic mass is 9.93. The Morgan fingerprint density at radius 3 is 3.00 bits per heavy atom. The maximum atomic E-state index is 12.4. The van der Waals surface area contributed by atoms with Crippen molar-refractivity contribution in [2.45, 2.75) is 19.4 Å². The van der Waals surface area contributed by atoms with Gasteiger partial charge in [0.05, 0.1) is 31.0 Å². The van der Waals surface area contributed by atoms with E-state index in [4.69, 9.17) is 4.74 Å². The molecule has 128 valence electrons. The van der Waals surface area contributed by atoms with Crippen LogP contribution in [0.3, 0.4) is 0 Å². The number of para-hydroxylation sites is 1. The topological polar surface area (TPSA) is 79.9 Å². The second kappa shape index (κ2) is 6.64. The molecule has 1 fully saturated rings. The number of aryl methyl sites for hydroxylation is 1. The largest absolute Gasteiger partial charge is 0.379 e. The van der Waals surface area contributed by atoms with Gasteiger partial charge in [-0.05, 0) is 31.0 Å². The summed E-state index contributed by atoms with van der Waals surface area (Å²) in [5, 5.41) is 4.23. The Morgan fingerprint density at radius 2 is 2.16 bits per heavy atom. The molecule has 0 bridgehead atoms. The summed E-state index contributed by atoms with van der Waals surface area (Å²) in [5.41, 5.74) is 2.71. The minimum atomic E-state index is -0.138. The van der Waals surface area contributed by atoms with Crippen molar-refractivity contribution < 1.29 is 9.53 Å². The normalized spacial score (nSPS) is 20.0. The molecule has 3 aromatic rings. The Labute approximate surface area is 145 Å². The van der Waals surface area contributed by atoms with Gasteiger partial charge in [0.1, 0.15) is 11.5 Å². The predicted octanol–water partition coefficient (Wildman–Crippen LogP) is 2.25. The van der Waals surface area contributed by atoms with Crippen LogP contribution >= 0.6 is 0 Å². The number of rotatable bonds is 4. The summed E-state index contributed by atoms with van der Waals surface area (Å²) in [7, 11) is 0. The van der Waals surface area contributed by atoms with Crippen molar-refractivity contribution in [2.75, 3.05) is 13.2 Å². The van der Waals surface area contributed by atoms with Gasteiger partial charge in [-0.1, -0.05) is 18.2 Å². The third kappa shape index (κ3) is 3.25. The molecule has 2 N–H and O–H groups in total. The molecule has 1 aliphatic heterocycles. The molecule has 1 amide bonds. The van der Waals surface area contributed by atoms with E-state index < -0.39 is 0 Å². The molecule has 0 radical (unpaired) electrons. The SMILES string of the molecule is Cc1ncc(C(=O)N[C@H]2COC[C@H]2Cc2ccnc3ccccc23)[nH]1. The average molecular weight is 336 g/mol. The van der Waals surface area contributed by atoms with E-state index in [9.17, 15) is 4.79 Å². The quantitative estimate of drug-likeness (QED) is 0.766. The summed E-state index contributed by atoms with van der Waals surface area (Å²) in [6.07, 6.45) is 4.25. The van der Waals surface area contributed by atoms with Gasteiger partial charge in [-0.2, -0.15) is 0 Å². The number of pyridine rings is 1. The van der Waals surface area contributed by atoms with Crippen LogP contribution in [0, 0.1) is 12.8 Å². The van der Waals surface area contributed by atoms with Crippen molar-refractivity contribution in [1.29, 1.82) is 0 Å². The van der Waals surface area contributed by atoms with Crippen LogP contribution in [0.4, 0.5) is 0 Å². The maximum Gasteiger partial charge on any atom is 0.269 e. The smallest absolute Gasteiger partial charge is 0.269 e. The molecule has 0 spiro atoms. The van der Waals surface area contributed by atoms with Crippen molar-refractivity contribution in [3.8, 4) is 0 Å². The molecule has 4 rings (SSSR count). The van der Waals surface area contributed by atoms with Crippen LogP contribution < -0.4 is 5.32 Å². The van der Waals surface area contributed by atoms with Gasteiger partial charge in [0, 0.05) is 17.5 Å². The summed E-state index contributed by atoms with van der Waals surface area (Å²) < 4.78 is 5.64. The van der Waals surface area contributed by atoms with Crippen LogP contribution in [-0.4, -0.2) is 40.1 Å². The summed E-state index contributed by atoms with van der Waals surface area (Å²) in [6.45, 7) is 3.00. The Balaban J connectivity index is 1.50. The van der Waals surface area contributed by atoms with E-state index in [1.807, 2.05) is 31.3 Å². The number of aromatic nitrogens is 3. The lowest BCUT2D eigenvalue weighted by Gasteiger charge is -2.19. The fourth-order valence-electron chi connectivity index (χ4n) is 3.36.